The Morgan fingerprint density at radius 2 is 1.40 bits per heavy atom. The molecule has 0 spiro atoms. The van der Waals surface area contributed by atoms with Crippen molar-refractivity contribution in [2.75, 3.05) is 26.2 Å². The van der Waals surface area contributed by atoms with Crippen LogP contribution in [0.25, 0.3) is 20.5 Å². The monoisotopic (exact) mass is 681 g/mol. The van der Waals surface area contributed by atoms with E-state index in [1.54, 1.807) is 11.3 Å². The molecule has 10 nitrogen and oxygen atoms in total. The predicted octanol–water partition coefficient (Wildman–Crippen LogP) is 6.46. The Morgan fingerprint density at radius 1 is 0.809 bits per heavy atom. The molecule has 1 fully saturated rings. The van der Waals surface area contributed by atoms with E-state index in [4.69, 9.17) is 36.8 Å². The van der Waals surface area contributed by atoms with E-state index in [9.17, 15) is 19.2 Å². The van der Waals surface area contributed by atoms with E-state index in [1.165, 1.54) is 38.8 Å². The van der Waals surface area contributed by atoms with Crippen molar-refractivity contribution in [2.24, 2.45) is 0 Å². The van der Waals surface area contributed by atoms with Crippen LogP contribution in [0.2, 0.25) is 5.02 Å². The highest BCUT2D eigenvalue weighted by Gasteiger charge is 2.40. The van der Waals surface area contributed by atoms with E-state index >= 15 is 0 Å². The molecule has 0 unspecified atom stereocenters. The number of hydrogen-bond acceptors (Lipinski definition) is 8. The molecule has 248 valence electrons. The second kappa shape index (κ2) is 16.5. The molecular formula is C35H36ClNO9S. The van der Waals surface area contributed by atoms with Gasteiger partial charge in [-0.05, 0) is 74.0 Å². The normalized spacial score (nSPS) is 13.7. The minimum Gasteiger partial charge on any atom is -0.492 e. The Kier molecular flexibility index (Phi) is 12.5. The van der Waals surface area contributed by atoms with Gasteiger partial charge in [0.25, 0.3) is 0 Å². The SMILES string of the molecule is O=C(O)CC(O)(CC(=O)O)C(=O)O.O=C(c1ccc(OCCN2CCCCCC2)cc1)c1c(-c2ccc(Cl)cc2)sc2ccccc12. The van der Waals surface area contributed by atoms with E-state index in [1.807, 2.05) is 66.7 Å². The van der Waals surface area contributed by atoms with Crippen LogP contribution in [0.5, 0.6) is 5.75 Å². The number of aliphatic carboxylic acids is 3. The van der Waals surface area contributed by atoms with Crippen LogP contribution in [-0.2, 0) is 14.4 Å². The first kappa shape index (κ1) is 35.6. The molecule has 1 aliphatic rings. The van der Waals surface area contributed by atoms with Gasteiger partial charge in [-0.1, -0.05) is 54.8 Å². The number of halogens is 1. The lowest BCUT2D eigenvalue weighted by Crippen LogP contribution is -2.42. The number of likely N-dealkylation sites (tertiary alicyclic amines) is 1. The lowest BCUT2D eigenvalue weighted by atomic mass is 9.96. The Balaban J connectivity index is 0.000000328. The number of ketones is 1. The van der Waals surface area contributed by atoms with Gasteiger partial charge in [-0.25, -0.2) is 4.79 Å². The Labute approximate surface area is 280 Å². The lowest BCUT2D eigenvalue weighted by molar-refractivity contribution is -0.170. The number of thiophene rings is 1. The van der Waals surface area contributed by atoms with Crippen molar-refractivity contribution >= 4 is 56.7 Å². The number of carbonyl (C=O) groups is 4. The third-order valence-electron chi connectivity index (χ3n) is 7.71. The minimum absolute atomic E-state index is 0.0264. The molecule has 0 atom stereocenters. The van der Waals surface area contributed by atoms with Crippen molar-refractivity contribution in [2.45, 2.75) is 44.1 Å². The number of benzene rings is 3. The van der Waals surface area contributed by atoms with Crippen LogP contribution in [0, 0.1) is 0 Å². The second-order valence-corrected chi connectivity index (χ2v) is 12.7. The summed E-state index contributed by atoms with van der Waals surface area (Å²) in [6.07, 6.45) is 2.96. The average Bonchev–Trinajstić information content (AvgIpc) is 3.22. The van der Waals surface area contributed by atoms with E-state index in [2.05, 4.69) is 11.0 Å². The highest BCUT2D eigenvalue weighted by atomic mass is 35.5. The lowest BCUT2D eigenvalue weighted by Gasteiger charge is -2.19. The van der Waals surface area contributed by atoms with E-state index < -0.39 is 36.4 Å². The summed E-state index contributed by atoms with van der Waals surface area (Å²) in [6, 6.07) is 23.4. The highest BCUT2D eigenvalue weighted by molar-refractivity contribution is 7.22. The van der Waals surface area contributed by atoms with Crippen molar-refractivity contribution in [3.8, 4) is 16.2 Å². The molecule has 1 aliphatic heterocycles. The summed E-state index contributed by atoms with van der Waals surface area (Å²) in [5.74, 6) is -4.19. The van der Waals surface area contributed by atoms with Crippen LogP contribution in [-0.4, -0.2) is 80.9 Å². The van der Waals surface area contributed by atoms with Gasteiger partial charge >= 0.3 is 17.9 Å². The van der Waals surface area contributed by atoms with Crippen molar-refractivity contribution in [3.05, 3.63) is 88.9 Å². The van der Waals surface area contributed by atoms with Crippen LogP contribution in [0.3, 0.4) is 0 Å². The fraction of sp³-hybridized carbons (Fsp3) is 0.314. The molecule has 3 aromatic carbocycles. The molecule has 0 radical (unpaired) electrons. The summed E-state index contributed by atoms with van der Waals surface area (Å²) in [5, 5.41) is 35.5. The maximum Gasteiger partial charge on any atom is 0.336 e. The highest BCUT2D eigenvalue weighted by Crippen LogP contribution is 2.40. The summed E-state index contributed by atoms with van der Waals surface area (Å²) < 4.78 is 7.09. The van der Waals surface area contributed by atoms with Crippen LogP contribution >= 0.6 is 22.9 Å². The van der Waals surface area contributed by atoms with E-state index in [-0.39, 0.29) is 5.78 Å². The first-order valence-electron chi connectivity index (χ1n) is 15.1. The van der Waals surface area contributed by atoms with E-state index in [0.717, 1.165) is 38.4 Å². The molecule has 0 bridgehead atoms. The molecule has 47 heavy (non-hydrogen) atoms. The van der Waals surface area contributed by atoms with Crippen molar-refractivity contribution in [1.29, 1.82) is 0 Å². The molecule has 4 N–H and O–H groups in total. The summed E-state index contributed by atoms with van der Waals surface area (Å²) in [5.41, 5.74) is -0.323. The standard InChI is InChI=1S/C29H28ClNO2S.C6H8O7/c30-23-13-9-22(10-14-23)29-27(25-7-3-4-8-26(25)34-29)28(32)21-11-15-24(16-12-21)33-20-19-31-17-5-1-2-6-18-31;7-3(8)1-6(13,5(11)12)2-4(9)10/h3-4,7-16H,1-2,5-6,17-20H2;13H,1-2H2,(H,7,8)(H,9,10)(H,11,12). The number of rotatable bonds is 12. The number of nitrogens with zero attached hydrogens (tertiary/aromatic N) is 1. The molecule has 1 saturated heterocycles. The molecule has 2 heterocycles. The summed E-state index contributed by atoms with van der Waals surface area (Å²) in [4.78, 5) is 47.6. The first-order valence-corrected chi connectivity index (χ1v) is 16.3. The molecule has 1 aromatic heterocycles. The Hall–Kier alpha value is -4.29. The fourth-order valence-corrected chi connectivity index (χ4v) is 6.62. The predicted molar refractivity (Wildman–Crippen MR) is 180 cm³/mol. The quantitative estimate of drug-likeness (QED) is 0.122. The maximum atomic E-state index is 13.7. The van der Waals surface area contributed by atoms with Crippen molar-refractivity contribution in [3.63, 3.8) is 0 Å². The van der Waals surface area contributed by atoms with Crippen molar-refractivity contribution in [1.82, 2.24) is 4.90 Å². The number of hydrogen-bond donors (Lipinski definition) is 4. The minimum atomic E-state index is -2.74. The fourth-order valence-electron chi connectivity index (χ4n) is 5.29. The topological polar surface area (TPSA) is 162 Å². The molecule has 0 aliphatic carbocycles. The number of ether oxygens (including phenoxy) is 1. The molecule has 5 rings (SSSR count). The Bertz CT molecular complexity index is 1680. The summed E-state index contributed by atoms with van der Waals surface area (Å²) in [6.45, 7) is 3.96. The summed E-state index contributed by atoms with van der Waals surface area (Å²) in [7, 11) is 0. The van der Waals surface area contributed by atoms with Gasteiger partial charge in [0.2, 0.25) is 0 Å². The smallest absolute Gasteiger partial charge is 0.336 e. The number of fused-ring (bicyclic) bond motifs is 1. The molecule has 4 aromatic rings. The zero-order valence-electron chi connectivity index (χ0n) is 25.6. The molecule has 0 saturated carbocycles. The Morgan fingerprint density at radius 3 is 1.98 bits per heavy atom. The number of carboxylic acids is 3. The third kappa shape index (κ3) is 9.85. The summed E-state index contributed by atoms with van der Waals surface area (Å²) >= 11 is 7.74. The molecule has 12 heteroatoms. The van der Waals surface area contributed by atoms with Crippen molar-refractivity contribution < 1.29 is 44.3 Å². The van der Waals surface area contributed by atoms with Gasteiger partial charge in [-0.15, -0.1) is 11.3 Å². The first-order chi connectivity index (χ1) is 22.5. The van der Waals surface area contributed by atoms with Crippen LogP contribution < -0.4 is 4.74 Å². The molecular weight excluding hydrogens is 646 g/mol. The van der Waals surface area contributed by atoms with Gasteiger partial charge in [0.15, 0.2) is 11.4 Å². The van der Waals surface area contributed by atoms with Crippen LogP contribution in [0.4, 0.5) is 0 Å². The largest absolute Gasteiger partial charge is 0.492 e. The average molecular weight is 682 g/mol. The van der Waals surface area contributed by atoms with Gasteiger partial charge in [0, 0.05) is 37.7 Å². The van der Waals surface area contributed by atoms with Crippen LogP contribution in [0.1, 0.15) is 54.4 Å². The van der Waals surface area contributed by atoms with Gasteiger partial charge in [0.1, 0.15) is 12.4 Å². The maximum absolute atomic E-state index is 13.7. The van der Waals surface area contributed by atoms with E-state index in [0.29, 0.717) is 17.2 Å². The second-order valence-electron chi connectivity index (χ2n) is 11.2. The molecule has 0 amide bonds. The number of aliphatic hydroxyl groups is 1. The number of carboxylic acid groups (broad SMARTS) is 3. The van der Waals surface area contributed by atoms with Crippen LogP contribution in [0.15, 0.2) is 72.8 Å². The van der Waals surface area contributed by atoms with Gasteiger partial charge in [-0.2, -0.15) is 0 Å². The number of carbonyl (C=O) groups excluding carboxylic acids is 1. The van der Waals surface area contributed by atoms with Gasteiger partial charge < -0.3 is 25.2 Å². The zero-order valence-corrected chi connectivity index (χ0v) is 27.1. The van der Waals surface area contributed by atoms with Gasteiger partial charge in [-0.3, -0.25) is 19.3 Å². The van der Waals surface area contributed by atoms with Gasteiger partial charge in [0.05, 0.1) is 12.8 Å². The third-order valence-corrected chi connectivity index (χ3v) is 9.18. The zero-order chi connectivity index (χ0) is 34.0.